The van der Waals surface area contributed by atoms with Crippen molar-refractivity contribution in [2.75, 3.05) is 13.1 Å². The molecule has 0 aliphatic heterocycles. The number of aryl methyl sites for hydroxylation is 1. The van der Waals surface area contributed by atoms with E-state index in [9.17, 15) is 0 Å². The van der Waals surface area contributed by atoms with Crippen LogP contribution >= 0.6 is 12.4 Å². The molecule has 1 N–H and O–H groups in total. The first-order valence-electron chi connectivity index (χ1n) is 5.53. The van der Waals surface area contributed by atoms with Crippen LogP contribution in [0.2, 0.25) is 0 Å². The smallest absolute Gasteiger partial charge is 0.00258 e. The molecule has 0 saturated heterocycles. The third-order valence-corrected chi connectivity index (χ3v) is 2.21. The lowest BCUT2D eigenvalue weighted by molar-refractivity contribution is 0.543. The zero-order valence-electron chi connectivity index (χ0n) is 9.70. The fourth-order valence-electron chi connectivity index (χ4n) is 1.45. The molecule has 2 heteroatoms. The minimum atomic E-state index is 0. The standard InChI is InChI=1S/C13H21N.ClH/c1-12(2)11-14-10-6-9-13-7-4-3-5-8-13;/h3-5,7-8,12,14H,6,9-11H2,1-2H3;1H. The molecule has 86 valence electrons. The van der Waals surface area contributed by atoms with E-state index < -0.39 is 0 Å². The summed E-state index contributed by atoms with van der Waals surface area (Å²) in [4.78, 5) is 0. The first-order valence-corrected chi connectivity index (χ1v) is 5.53. The largest absolute Gasteiger partial charge is 0.316 e. The fraction of sp³-hybridized carbons (Fsp3) is 0.538. The van der Waals surface area contributed by atoms with Crippen LogP contribution in [-0.4, -0.2) is 13.1 Å². The molecule has 1 rings (SSSR count). The molecule has 0 aliphatic carbocycles. The molecule has 0 amide bonds. The summed E-state index contributed by atoms with van der Waals surface area (Å²) < 4.78 is 0. The first kappa shape index (κ1) is 14.5. The third-order valence-electron chi connectivity index (χ3n) is 2.21. The van der Waals surface area contributed by atoms with Crippen molar-refractivity contribution in [3.8, 4) is 0 Å². The number of benzene rings is 1. The second-order valence-corrected chi connectivity index (χ2v) is 4.19. The van der Waals surface area contributed by atoms with Gasteiger partial charge < -0.3 is 5.32 Å². The van der Waals surface area contributed by atoms with Gasteiger partial charge in [0.1, 0.15) is 0 Å². The molecule has 0 spiro atoms. The lowest BCUT2D eigenvalue weighted by Crippen LogP contribution is -2.21. The van der Waals surface area contributed by atoms with E-state index in [0.717, 1.165) is 19.0 Å². The van der Waals surface area contributed by atoms with Crippen molar-refractivity contribution in [3.63, 3.8) is 0 Å². The van der Waals surface area contributed by atoms with Crippen LogP contribution in [0.5, 0.6) is 0 Å². The molecule has 0 aliphatic rings. The van der Waals surface area contributed by atoms with Crippen molar-refractivity contribution >= 4 is 12.4 Å². The average molecular weight is 228 g/mol. The molecule has 0 bridgehead atoms. The van der Waals surface area contributed by atoms with E-state index in [1.165, 1.54) is 18.4 Å². The van der Waals surface area contributed by atoms with Crippen molar-refractivity contribution in [3.05, 3.63) is 35.9 Å². The van der Waals surface area contributed by atoms with E-state index in [1.54, 1.807) is 0 Å². The Morgan fingerprint density at radius 1 is 1.13 bits per heavy atom. The molecular weight excluding hydrogens is 206 g/mol. The second kappa shape index (κ2) is 8.75. The Bertz CT molecular complexity index is 234. The van der Waals surface area contributed by atoms with E-state index in [-0.39, 0.29) is 12.4 Å². The average Bonchev–Trinajstić information content (AvgIpc) is 2.18. The van der Waals surface area contributed by atoms with Crippen LogP contribution in [0.1, 0.15) is 25.8 Å². The molecule has 0 heterocycles. The summed E-state index contributed by atoms with van der Waals surface area (Å²) in [5, 5.41) is 3.46. The summed E-state index contributed by atoms with van der Waals surface area (Å²) >= 11 is 0. The molecule has 0 atom stereocenters. The monoisotopic (exact) mass is 227 g/mol. The van der Waals surface area contributed by atoms with Crippen LogP contribution in [0.25, 0.3) is 0 Å². The predicted octanol–water partition coefficient (Wildman–Crippen LogP) is 3.29. The second-order valence-electron chi connectivity index (χ2n) is 4.19. The zero-order chi connectivity index (χ0) is 10.2. The maximum Gasteiger partial charge on any atom is -0.00258 e. The Labute approximate surface area is 99.7 Å². The summed E-state index contributed by atoms with van der Waals surface area (Å²) in [6, 6.07) is 10.7. The maximum absolute atomic E-state index is 3.46. The highest BCUT2D eigenvalue weighted by atomic mass is 35.5. The van der Waals surface area contributed by atoms with Gasteiger partial charge in [-0.1, -0.05) is 44.2 Å². The molecule has 0 unspecified atom stereocenters. The normalized spacial score (nSPS) is 10.1. The van der Waals surface area contributed by atoms with Gasteiger partial charge in [-0.05, 0) is 37.4 Å². The van der Waals surface area contributed by atoms with E-state index >= 15 is 0 Å². The molecule has 0 fully saturated rings. The van der Waals surface area contributed by atoms with E-state index in [4.69, 9.17) is 0 Å². The highest BCUT2D eigenvalue weighted by molar-refractivity contribution is 5.85. The van der Waals surface area contributed by atoms with Gasteiger partial charge in [0.15, 0.2) is 0 Å². The van der Waals surface area contributed by atoms with Gasteiger partial charge in [0, 0.05) is 0 Å². The van der Waals surface area contributed by atoms with Gasteiger partial charge in [0.05, 0.1) is 0 Å². The lowest BCUT2D eigenvalue weighted by atomic mass is 10.1. The molecule has 0 saturated carbocycles. The quantitative estimate of drug-likeness (QED) is 0.736. The van der Waals surface area contributed by atoms with Gasteiger partial charge in [-0.2, -0.15) is 0 Å². The van der Waals surface area contributed by atoms with Gasteiger partial charge >= 0.3 is 0 Å². The highest BCUT2D eigenvalue weighted by Gasteiger charge is 1.93. The van der Waals surface area contributed by atoms with Crippen molar-refractivity contribution in [2.45, 2.75) is 26.7 Å². The Balaban J connectivity index is 0.00000196. The minimum Gasteiger partial charge on any atom is -0.316 e. The van der Waals surface area contributed by atoms with Crippen LogP contribution in [-0.2, 0) is 6.42 Å². The van der Waals surface area contributed by atoms with E-state index in [2.05, 4.69) is 49.5 Å². The number of halogens is 1. The van der Waals surface area contributed by atoms with E-state index in [0.29, 0.717) is 0 Å². The lowest BCUT2D eigenvalue weighted by Gasteiger charge is -2.06. The maximum atomic E-state index is 3.46. The molecule has 1 aromatic rings. The Kier molecular flexibility index (Phi) is 8.44. The van der Waals surface area contributed by atoms with Crippen LogP contribution in [0.15, 0.2) is 30.3 Å². The molecule has 0 radical (unpaired) electrons. The molecule has 1 nitrogen and oxygen atoms in total. The number of hydrogen-bond donors (Lipinski definition) is 1. The SMILES string of the molecule is CC(C)CNCCCc1ccccc1.Cl. The van der Waals surface area contributed by atoms with E-state index in [1.807, 2.05) is 0 Å². The summed E-state index contributed by atoms with van der Waals surface area (Å²) in [5.41, 5.74) is 1.44. The van der Waals surface area contributed by atoms with Crippen molar-refractivity contribution in [1.29, 1.82) is 0 Å². The number of rotatable bonds is 6. The highest BCUT2D eigenvalue weighted by Crippen LogP contribution is 2.01. The van der Waals surface area contributed by atoms with Gasteiger partial charge in [-0.3, -0.25) is 0 Å². The first-order chi connectivity index (χ1) is 6.79. The van der Waals surface area contributed by atoms with Crippen LogP contribution < -0.4 is 5.32 Å². The van der Waals surface area contributed by atoms with Gasteiger partial charge in [-0.15, -0.1) is 12.4 Å². The van der Waals surface area contributed by atoms with Crippen molar-refractivity contribution in [2.24, 2.45) is 5.92 Å². The summed E-state index contributed by atoms with van der Waals surface area (Å²) in [7, 11) is 0. The Morgan fingerprint density at radius 3 is 2.40 bits per heavy atom. The number of nitrogens with one attached hydrogen (secondary N) is 1. The molecule has 15 heavy (non-hydrogen) atoms. The summed E-state index contributed by atoms with van der Waals surface area (Å²) in [6.07, 6.45) is 2.42. The Hall–Kier alpha value is -0.530. The van der Waals surface area contributed by atoms with Crippen LogP contribution in [0, 0.1) is 5.92 Å². The third kappa shape index (κ3) is 7.40. The number of hydrogen-bond acceptors (Lipinski definition) is 1. The molecule has 0 aromatic heterocycles. The predicted molar refractivity (Wildman–Crippen MR) is 69.7 cm³/mol. The van der Waals surface area contributed by atoms with Crippen LogP contribution in [0.3, 0.4) is 0 Å². The molecular formula is C13H22ClN. The topological polar surface area (TPSA) is 12.0 Å². The van der Waals surface area contributed by atoms with Crippen molar-refractivity contribution in [1.82, 2.24) is 5.32 Å². The Morgan fingerprint density at radius 2 is 1.80 bits per heavy atom. The summed E-state index contributed by atoms with van der Waals surface area (Å²) in [5.74, 6) is 0.756. The van der Waals surface area contributed by atoms with Crippen LogP contribution in [0.4, 0.5) is 0 Å². The van der Waals surface area contributed by atoms with Gasteiger partial charge in [0.25, 0.3) is 0 Å². The van der Waals surface area contributed by atoms with Gasteiger partial charge in [0.2, 0.25) is 0 Å². The van der Waals surface area contributed by atoms with Gasteiger partial charge in [-0.25, -0.2) is 0 Å². The van der Waals surface area contributed by atoms with Crippen molar-refractivity contribution < 1.29 is 0 Å². The minimum absolute atomic E-state index is 0. The fourth-order valence-corrected chi connectivity index (χ4v) is 1.45. The summed E-state index contributed by atoms with van der Waals surface area (Å²) in [6.45, 7) is 6.75. The zero-order valence-corrected chi connectivity index (χ0v) is 10.5. The molecule has 1 aromatic carbocycles.